The van der Waals surface area contributed by atoms with Crippen LogP contribution in [0.25, 0.3) is 0 Å². The third-order valence-electron chi connectivity index (χ3n) is 5.70. The predicted molar refractivity (Wildman–Crippen MR) is 162 cm³/mol. The zero-order valence-electron chi connectivity index (χ0n) is 22.0. The molecular weight excluding hydrogens is 585 g/mol. The molecule has 0 unspecified atom stereocenters. The Hall–Kier alpha value is -4.05. The Morgan fingerprint density at radius 2 is 1.63 bits per heavy atom. The number of anilines is 1. The van der Waals surface area contributed by atoms with Crippen LogP contribution < -0.4 is 19.2 Å². The van der Waals surface area contributed by atoms with Gasteiger partial charge in [0, 0.05) is 10.0 Å². The number of amides is 1. The van der Waals surface area contributed by atoms with Gasteiger partial charge in [0.2, 0.25) is 0 Å². The number of ether oxygens (including phenoxy) is 2. The molecule has 4 aromatic carbocycles. The van der Waals surface area contributed by atoms with Crippen LogP contribution in [0.3, 0.4) is 0 Å². The first kappa shape index (κ1) is 29.9. The Bertz CT molecular complexity index is 1610. The summed E-state index contributed by atoms with van der Waals surface area (Å²) in [6.07, 6.45) is 1.45. The van der Waals surface area contributed by atoms with Crippen LogP contribution in [0.4, 0.5) is 5.69 Å². The minimum atomic E-state index is -4.16. The number of hydrazone groups is 1. The molecule has 0 saturated heterocycles. The predicted octanol–water partition coefficient (Wildman–Crippen LogP) is 6.32. The molecule has 0 heterocycles. The molecule has 0 spiro atoms. The number of carbonyl (C=O) groups is 1. The number of hydrogen-bond acceptors (Lipinski definition) is 6. The van der Waals surface area contributed by atoms with Crippen LogP contribution >= 0.6 is 23.2 Å². The van der Waals surface area contributed by atoms with E-state index in [-0.39, 0.29) is 10.6 Å². The van der Waals surface area contributed by atoms with Gasteiger partial charge in [-0.15, -0.1) is 0 Å². The minimum absolute atomic E-state index is 0.0258. The first-order valence-corrected chi connectivity index (χ1v) is 14.7. The molecule has 0 fully saturated rings. The van der Waals surface area contributed by atoms with E-state index in [4.69, 9.17) is 32.7 Å². The molecule has 8 nitrogen and oxygen atoms in total. The van der Waals surface area contributed by atoms with Gasteiger partial charge in [0.1, 0.15) is 24.7 Å². The number of rotatable bonds is 12. The fourth-order valence-corrected chi connectivity index (χ4v) is 5.53. The average molecular weight is 613 g/mol. The molecule has 4 rings (SSSR count). The van der Waals surface area contributed by atoms with Gasteiger partial charge in [0.15, 0.2) is 0 Å². The second-order valence-electron chi connectivity index (χ2n) is 8.65. The Labute approximate surface area is 249 Å². The normalized spacial score (nSPS) is 11.3. The van der Waals surface area contributed by atoms with E-state index >= 15 is 0 Å². The average Bonchev–Trinajstić information content (AvgIpc) is 2.96. The molecule has 1 N–H and O–H groups in total. The summed E-state index contributed by atoms with van der Waals surface area (Å²) in [6.45, 7) is 1.93. The molecule has 11 heteroatoms. The van der Waals surface area contributed by atoms with Crippen LogP contribution in [-0.2, 0) is 21.4 Å². The van der Waals surface area contributed by atoms with Gasteiger partial charge in [0.05, 0.1) is 23.4 Å². The molecular formula is C30H27Cl2N3O5S. The van der Waals surface area contributed by atoms with Gasteiger partial charge in [-0.3, -0.25) is 9.10 Å². The summed E-state index contributed by atoms with van der Waals surface area (Å²) in [4.78, 5) is 12.9. The summed E-state index contributed by atoms with van der Waals surface area (Å²) in [5, 5.41) is 5.03. The molecule has 41 heavy (non-hydrogen) atoms. The van der Waals surface area contributed by atoms with Crippen molar-refractivity contribution in [1.82, 2.24) is 5.43 Å². The number of sulfonamides is 1. The van der Waals surface area contributed by atoms with Crippen molar-refractivity contribution in [2.24, 2.45) is 5.10 Å². The van der Waals surface area contributed by atoms with E-state index in [1.54, 1.807) is 61.5 Å². The van der Waals surface area contributed by atoms with Gasteiger partial charge < -0.3 is 9.47 Å². The number of carbonyl (C=O) groups excluding carboxylic acids is 1. The molecule has 0 aromatic heterocycles. The number of nitrogens with one attached hydrogen (secondary N) is 1. The highest BCUT2D eigenvalue weighted by Gasteiger charge is 2.29. The van der Waals surface area contributed by atoms with E-state index in [0.717, 1.165) is 9.87 Å². The fraction of sp³-hybridized carbons (Fsp3) is 0.133. The molecule has 0 radical (unpaired) electrons. The molecule has 0 saturated carbocycles. The van der Waals surface area contributed by atoms with Crippen LogP contribution in [0.5, 0.6) is 11.5 Å². The highest BCUT2D eigenvalue weighted by molar-refractivity contribution is 7.92. The van der Waals surface area contributed by atoms with Crippen molar-refractivity contribution < 1.29 is 22.7 Å². The number of para-hydroxylation sites is 2. The lowest BCUT2D eigenvalue weighted by Crippen LogP contribution is -2.39. The second-order valence-corrected chi connectivity index (χ2v) is 11.4. The third-order valence-corrected chi connectivity index (χ3v) is 7.96. The zero-order valence-corrected chi connectivity index (χ0v) is 24.4. The van der Waals surface area contributed by atoms with Crippen LogP contribution in [0.2, 0.25) is 10.0 Å². The van der Waals surface area contributed by atoms with E-state index in [1.165, 1.54) is 30.5 Å². The largest absolute Gasteiger partial charge is 0.492 e. The van der Waals surface area contributed by atoms with Crippen LogP contribution in [-0.4, -0.2) is 33.7 Å². The van der Waals surface area contributed by atoms with E-state index in [2.05, 4.69) is 10.5 Å². The minimum Gasteiger partial charge on any atom is -0.492 e. The lowest BCUT2D eigenvalue weighted by molar-refractivity contribution is -0.119. The molecule has 1 amide bonds. The highest BCUT2D eigenvalue weighted by Crippen LogP contribution is 2.32. The van der Waals surface area contributed by atoms with Gasteiger partial charge in [-0.25, -0.2) is 13.8 Å². The molecule has 0 bridgehead atoms. The van der Waals surface area contributed by atoms with Gasteiger partial charge in [-0.05, 0) is 90.8 Å². The first-order chi connectivity index (χ1) is 19.8. The van der Waals surface area contributed by atoms with Crippen molar-refractivity contribution in [2.45, 2.75) is 18.4 Å². The first-order valence-electron chi connectivity index (χ1n) is 12.6. The summed E-state index contributed by atoms with van der Waals surface area (Å²) in [7, 11) is -4.16. The lowest BCUT2D eigenvalue weighted by atomic mass is 10.2. The second kappa shape index (κ2) is 14.0. The summed E-state index contributed by atoms with van der Waals surface area (Å²) in [5.74, 6) is 0.329. The van der Waals surface area contributed by atoms with Crippen molar-refractivity contribution in [3.8, 4) is 11.5 Å². The Morgan fingerprint density at radius 1 is 0.902 bits per heavy atom. The van der Waals surface area contributed by atoms with Crippen LogP contribution in [0.1, 0.15) is 18.1 Å². The van der Waals surface area contributed by atoms with Crippen molar-refractivity contribution in [1.29, 1.82) is 0 Å². The van der Waals surface area contributed by atoms with Crippen molar-refractivity contribution >= 4 is 51.0 Å². The number of hydrogen-bond donors (Lipinski definition) is 1. The summed E-state index contributed by atoms with van der Waals surface area (Å²) < 4.78 is 39.6. The molecule has 0 aliphatic carbocycles. The topological polar surface area (TPSA) is 97.3 Å². The monoisotopic (exact) mass is 611 g/mol. The highest BCUT2D eigenvalue weighted by atomic mass is 35.5. The summed E-state index contributed by atoms with van der Waals surface area (Å²) in [5.41, 5.74) is 4.27. The van der Waals surface area contributed by atoms with Crippen LogP contribution in [0.15, 0.2) is 107 Å². The molecule has 0 aliphatic rings. The van der Waals surface area contributed by atoms with Gasteiger partial charge in [-0.1, -0.05) is 47.5 Å². The Morgan fingerprint density at radius 3 is 2.34 bits per heavy atom. The maximum Gasteiger partial charge on any atom is 0.264 e. The quantitative estimate of drug-likeness (QED) is 0.149. The third kappa shape index (κ3) is 8.23. The number of benzene rings is 4. The molecule has 4 aromatic rings. The van der Waals surface area contributed by atoms with Crippen molar-refractivity contribution in [3.63, 3.8) is 0 Å². The van der Waals surface area contributed by atoms with E-state index in [9.17, 15) is 13.2 Å². The van der Waals surface area contributed by atoms with E-state index in [0.29, 0.717) is 40.3 Å². The SMILES string of the molecule is CCOc1ccccc1N(CC(=O)N/N=C\c1ccc(OCc2cccc(Cl)c2)cc1)S(=O)(=O)c1ccc(Cl)cc1. The molecule has 0 atom stereocenters. The summed E-state index contributed by atoms with van der Waals surface area (Å²) >= 11 is 12.0. The smallest absolute Gasteiger partial charge is 0.264 e. The van der Waals surface area contributed by atoms with Crippen molar-refractivity contribution in [2.75, 3.05) is 17.5 Å². The standard InChI is InChI=1S/C30H27Cl2N3O5S/c1-2-39-29-9-4-3-8-28(29)35(41(37,38)27-16-12-24(31)13-17-27)20-30(36)34-33-19-22-10-14-26(15-11-22)40-21-23-6-5-7-25(32)18-23/h3-19H,2,20-21H2,1H3,(H,34,36)/b33-19-. The molecule has 212 valence electrons. The maximum absolute atomic E-state index is 13.6. The van der Waals surface area contributed by atoms with Gasteiger partial charge in [-0.2, -0.15) is 5.10 Å². The van der Waals surface area contributed by atoms with E-state index < -0.39 is 22.5 Å². The Kier molecular flexibility index (Phi) is 10.2. The molecule has 0 aliphatic heterocycles. The van der Waals surface area contributed by atoms with Gasteiger partial charge in [0.25, 0.3) is 15.9 Å². The van der Waals surface area contributed by atoms with Gasteiger partial charge >= 0.3 is 0 Å². The zero-order chi connectivity index (χ0) is 29.2. The number of halogens is 2. The maximum atomic E-state index is 13.6. The van der Waals surface area contributed by atoms with E-state index in [1.807, 2.05) is 18.2 Å². The number of nitrogens with zero attached hydrogens (tertiary/aromatic N) is 2. The lowest BCUT2D eigenvalue weighted by Gasteiger charge is -2.25. The fourth-order valence-electron chi connectivity index (χ4n) is 3.76. The van der Waals surface area contributed by atoms with Crippen LogP contribution in [0, 0.1) is 0 Å². The van der Waals surface area contributed by atoms with Crippen molar-refractivity contribution in [3.05, 3.63) is 118 Å². The Balaban J connectivity index is 1.44. The summed E-state index contributed by atoms with van der Waals surface area (Å²) in [6, 6.07) is 26.8.